The predicted octanol–water partition coefficient (Wildman–Crippen LogP) is 2.47. The van der Waals surface area contributed by atoms with Crippen molar-refractivity contribution in [2.24, 2.45) is 0 Å². The van der Waals surface area contributed by atoms with Crippen molar-refractivity contribution in [3.05, 3.63) is 18.0 Å². The molecule has 0 unspecified atom stereocenters. The zero-order chi connectivity index (χ0) is 11.4. The molecule has 16 heavy (non-hydrogen) atoms. The fraction of sp³-hybridized carbons (Fsp3) is 0.667. The molecule has 0 aromatic carbocycles. The lowest BCUT2D eigenvalue weighted by Crippen LogP contribution is -2.09. The maximum Gasteiger partial charge on any atom is 0.148 e. The first-order valence-corrected chi connectivity index (χ1v) is 7.23. The summed E-state index contributed by atoms with van der Waals surface area (Å²) in [6, 6.07) is 2.56. The molecule has 1 aromatic rings. The number of Topliss-reactive ketones (excluding diaryl/α,β-unsaturated/α-hetero) is 1. The second-order valence-electron chi connectivity index (χ2n) is 4.37. The molecule has 0 amide bonds. The highest BCUT2D eigenvalue weighted by atomic mass is 32.2. The molecule has 1 aromatic heterocycles. The lowest BCUT2D eigenvalue weighted by atomic mass is 10.2. The quantitative estimate of drug-likeness (QED) is 0.790. The second-order valence-corrected chi connectivity index (χ2v) is 5.24. The number of hydrogen-bond donors (Lipinski definition) is 0. The maximum absolute atomic E-state index is 11.5. The van der Waals surface area contributed by atoms with Gasteiger partial charge in [-0.3, -0.25) is 9.48 Å². The minimum absolute atomic E-state index is 0.268. The molecular weight excluding hydrogens is 220 g/mol. The standard InChI is InChI=1S/C12H18N2OS/c1-16-9-12(15)8-10-6-7-14(13-10)11-4-2-3-5-11/h6-7,11H,2-5,8-9H2,1H3. The minimum atomic E-state index is 0.268. The van der Waals surface area contributed by atoms with E-state index in [1.165, 1.54) is 25.7 Å². The van der Waals surface area contributed by atoms with Crippen LogP contribution in [0.2, 0.25) is 0 Å². The highest BCUT2D eigenvalue weighted by molar-refractivity contribution is 7.99. The van der Waals surface area contributed by atoms with Crippen molar-refractivity contribution in [1.29, 1.82) is 0 Å². The van der Waals surface area contributed by atoms with Gasteiger partial charge in [0.1, 0.15) is 5.78 Å². The van der Waals surface area contributed by atoms with Gasteiger partial charge in [-0.2, -0.15) is 16.9 Å². The molecular formula is C12H18N2OS. The van der Waals surface area contributed by atoms with Crippen molar-refractivity contribution in [2.75, 3.05) is 12.0 Å². The first kappa shape index (κ1) is 11.7. The normalized spacial score (nSPS) is 16.8. The smallest absolute Gasteiger partial charge is 0.148 e. The Kier molecular flexibility index (Phi) is 4.04. The van der Waals surface area contributed by atoms with Gasteiger partial charge in [0.25, 0.3) is 0 Å². The van der Waals surface area contributed by atoms with Gasteiger partial charge in [-0.25, -0.2) is 0 Å². The van der Waals surface area contributed by atoms with Gasteiger partial charge in [-0.15, -0.1) is 0 Å². The zero-order valence-corrected chi connectivity index (χ0v) is 10.5. The van der Waals surface area contributed by atoms with Crippen LogP contribution in [0.4, 0.5) is 0 Å². The average molecular weight is 238 g/mol. The van der Waals surface area contributed by atoms with Gasteiger partial charge >= 0.3 is 0 Å². The Morgan fingerprint density at radius 2 is 2.31 bits per heavy atom. The van der Waals surface area contributed by atoms with Crippen LogP contribution in [0.1, 0.15) is 37.4 Å². The van der Waals surface area contributed by atoms with Crippen LogP contribution < -0.4 is 0 Å². The van der Waals surface area contributed by atoms with Gasteiger partial charge in [0.15, 0.2) is 0 Å². The highest BCUT2D eigenvalue weighted by Crippen LogP contribution is 2.28. The topological polar surface area (TPSA) is 34.9 Å². The number of carbonyl (C=O) groups is 1. The van der Waals surface area contributed by atoms with E-state index in [-0.39, 0.29) is 5.78 Å². The van der Waals surface area contributed by atoms with E-state index in [0.29, 0.717) is 18.2 Å². The summed E-state index contributed by atoms with van der Waals surface area (Å²) in [5, 5.41) is 4.50. The molecule has 0 radical (unpaired) electrons. The molecule has 88 valence electrons. The molecule has 4 heteroatoms. The summed E-state index contributed by atoms with van der Waals surface area (Å²) in [4.78, 5) is 11.5. The number of nitrogens with zero attached hydrogens (tertiary/aromatic N) is 2. The van der Waals surface area contributed by atoms with Crippen LogP contribution in [-0.2, 0) is 11.2 Å². The SMILES string of the molecule is CSCC(=O)Cc1ccn(C2CCCC2)n1. The monoisotopic (exact) mass is 238 g/mol. The number of rotatable bonds is 5. The number of carbonyl (C=O) groups excluding carboxylic acids is 1. The fourth-order valence-electron chi connectivity index (χ4n) is 2.26. The molecule has 1 aliphatic rings. The predicted molar refractivity (Wildman–Crippen MR) is 66.8 cm³/mol. The zero-order valence-electron chi connectivity index (χ0n) is 9.69. The van der Waals surface area contributed by atoms with E-state index in [2.05, 4.69) is 9.78 Å². The van der Waals surface area contributed by atoms with Gasteiger partial charge in [0.05, 0.1) is 23.9 Å². The van der Waals surface area contributed by atoms with Crippen LogP contribution >= 0.6 is 11.8 Å². The summed E-state index contributed by atoms with van der Waals surface area (Å²) in [6.45, 7) is 0. The molecule has 2 rings (SSSR count). The van der Waals surface area contributed by atoms with E-state index in [0.717, 1.165) is 5.69 Å². The molecule has 0 N–H and O–H groups in total. The minimum Gasteiger partial charge on any atom is -0.298 e. The Hall–Kier alpha value is -0.770. The van der Waals surface area contributed by atoms with Gasteiger partial charge in [-0.1, -0.05) is 12.8 Å². The molecule has 1 aliphatic carbocycles. The van der Waals surface area contributed by atoms with Gasteiger partial charge < -0.3 is 0 Å². The van der Waals surface area contributed by atoms with Gasteiger partial charge in [-0.05, 0) is 25.2 Å². The Balaban J connectivity index is 1.93. The van der Waals surface area contributed by atoms with Gasteiger partial charge in [0.2, 0.25) is 0 Å². The second kappa shape index (κ2) is 5.53. The van der Waals surface area contributed by atoms with Crippen molar-refractivity contribution in [2.45, 2.75) is 38.1 Å². The van der Waals surface area contributed by atoms with Crippen molar-refractivity contribution in [3.63, 3.8) is 0 Å². The van der Waals surface area contributed by atoms with Crippen molar-refractivity contribution in [1.82, 2.24) is 9.78 Å². The van der Waals surface area contributed by atoms with Crippen LogP contribution in [-0.4, -0.2) is 27.6 Å². The summed E-state index contributed by atoms with van der Waals surface area (Å²) < 4.78 is 2.05. The van der Waals surface area contributed by atoms with E-state index in [1.807, 2.05) is 18.5 Å². The van der Waals surface area contributed by atoms with Crippen LogP contribution in [0.15, 0.2) is 12.3 Å². The van der Waals surface area contributed by atoms with Gasteiger partial charge in [0, 0.05) is 6.20 Å². The first-order valence-electron chi connectivity index (χ1n) is 5.84. The number of thioether (sulfide) groups is 1. The first-order chi connectivity index (χ1) is 7.79. The maximum atomic E-state index is 11.5. The fourth-order valence-corrected chi connectivity index (χ4v) is 2.68. The molecule has 0 aliphatic heterocycles. The summed E-state index contributed by atoms with van der Waals surface area (Å²) >= 11 is 1.58. The Morgan fingerprint density at radius 1 is 1.56 bits per heavy atom. The van der Waals surface area contributed by atoms with Crippen LogP contribution in [0.25, 0.3) is 0 Å². The van der Waals surface area contributed by atoms with Crippen molar-refractivity contribution >= 4 is 17.5 Å². The molecule has 1 fully saturated rings. The lowest BCUT2D eigenvalue weighted by molar-refractivity contribution is -0.116. The number of ketones is 1. The van der Waals surface area contributed by atoms with E-state index in [9.17, 15) is 4.79 Å². The van der Waals surface area contributed by atoms with Crippen molar-refractivity contribution in [3.8, 4) is 0 Å². The van der Waals surface area contributed by atoms with Crippen LogP contribution in [0, 0.1) is 0 Å². The summed E-state index contributed by atoms with van der Waals surface area (Å²) in [7, 11) is 0. The molecule has 0 bridgehead atoms. The lowest BCUT2D eigenvalue weighted by Gasteiger charge is -2.08. The third-order valence-corrected chi connectivity index (χ3v) is 3.66. The third-order valence-electron chi connectivity index (χ3n) is 3.05. The Bertz CT molecular complexity index is 356. The van der Waals surface area contributed by atoms with E-state index in [4.69, 9.17) is 0 Å². The van der Waals surface area contributed by atoms with Crippen molar-refractivity contribution < 1.29 is 4.79 Å². The number of aromatic nitrogens is 2. The third kappa shape index (κ3) is 2.88. The molecule has 0 spiro atoms. The molecule has 0 atom stereocenters. The van der Waals surface area contributed by atoms with E-state index >= 15 is 0 Å². The summed E-state index contributed by atoms with van der Waals surface area (Å²) in [6.07, 6.45) is 9.56. The molecule has 3 nitrogen and oxygen atoms in total. The Morgan fingerprint density at radius 3 is 3.00 bits per heavy atom. The average Bonchev–Trinajstić information content (AvgIpc) is 2.86. The molecule has 1 saturated carbocycles. The summed E-state index contributed by atoms with van der Waals surface area (Å²) in [5.74, 6) is 0.861. The van der Waals surface area contributed by atoms with E-state index in [1.54, 1.807) is 11.8 Å². The van der Waals surface area contributed by atoms with E-state index < -0.39 is 0 Å². The van der Waals surface area contributed by atoms with Crippen LogP contribution in [0.5, 0.6) is 0 Å². The Labute approximate surface area is 101 Å². The summed E-state index contributed by atoms with van der Waals surface area (Å²) in [5.41, 5.74) is 0.922. The molecule has 1 heterocycles. The largest absolute Gasteiger partial charge is 0.298 e. The highest BCUT2D eigenvalue weighted by Gasteiger charge is 2.17. The number of hydrogen-bond acceptors (Lipinski definition) is 3. The molecule has 0 saturated heterocycles. The van der Waals surface area contributed by atoms with Crippen LogP contribution in [0.3, 0.4) is 0 Å².